The van der Waals surface area contributed by atoms with E-state index in [2.05, 4.69) is 15.3 Å². The van der Waals surface area contributed by atoms with Gasteiger partial charge in [-0.1, -0.05) is 5.21 Å². The van der Waals surface area contributed by atoms with Crippen LogP contribution in [-0.4, -0.2) is 48.4 Å². The highest BCUT2D eigenvalue weighted by atomic mass is 16.3. The predicted octanol–water partition coefficient (Wildman–Crippen LogP) is -0.591. The molecule has 1 saturated carbocycles. The first kappa shape index (κ1) is 13.2. The predicted molar refractivity (Wildman–Crippen MR) is 71.3 cm³/mol. The van der Waals surface area contributed by atoms with Crippen LogP contribution in [0.3, 0.4) is 0 Å². The highest BCUT2D eigenvalue weighted by molar-refractivity contribution is 5.55. The summed E-state index contributed by atoms with van der Waals surface area (Å²) in [6.45, 7) is 0.485. The fraction of sp³-hybridized carbons (Fsp3) is 0.462. The zero-order valence-electron chi connectivity index (χ0n) is 10.9. The Balaban J connectivity index is 1.72. The van der Waals surface area contributed by atoms with E-state index in [1.165, 1.54) is 0 Å². The van der Waals surface area contributed by atoms with Gasteiger partial charge in [-0.05, 0) is 18.6 Å². The summed E-state index contributed by atoms with van der Waals surface area (Å²) in [7, 11) is 0. The summed E-state index contributed by atoms with van der Waals surface area (Å²) in [5, 5.41) is 27.7. The zero-order chi connectivity index (χ0) is 14.1. The van der Waals surface area contributed by atoms with E-state index in [-0.39, 0.29) is 12.0 Å². The zero-order valence-corrected chi connectivity index (χ0v) is 10.9. The van der Waals surface area contributed by atoms with Crippen LogP contribution in [0.15, 0.2) is 30.7 Å². The maximum absolute atomic E-state index is 9.91. The van der Waals surface area contributed by atoms with Crippen LogP contribution in [0.1, 0.15) is 6.42 Å². The maximum Gasteiger partial charge on any atom is 0.114 e. The van der Waals surface area contributed by atoms with Crippen molar-refractivity contribution in [3.05, 3.63) is 30.7 Å². The maximum atomic E-state index is 9.91. The summed E-state index contributed by atoms with van der Waals surface area (Å²) in [6.07, 6.45) is 4.13. The molecule has 2 heterocycles. The molecule has 1 aliphatic carbocycles. The van der Waals surface area contributed by atoms with Crippen molar-refractivity contribution < 1.29 is 10.2 Å². The molecule has 0 spiro atoms. The molecule has 7 nitrogen and oxygen atoms in total. The van der Waals surface area contributed by atoms with Crippen molar-refractivity contribution in [1.82, 2.24) is 20.0 Å². The summed E-state index contributed by atoms with van der Waals surface area (Å²) >= 11 is 0. The molecule has 0 aliphatic heterocycles. The average molecular weight is 275 g/mol. The van der Waals surface area contributed by atoms with Crippen LogP contribution >= 0.6 is 0 Å². The van der Waals surface area contributed by atoms with Crippen LogP contribution in [0, 0.1) is 5.92 Å². The summed E-state index contributed by atoms with van der Waals surface area (Å²) in [6, 6.07) is 3.37. The molecule has 0 bridgehead atoms. The lowest BCUT2D eigenvalue weighted by molar-refractivity contribution is 0.0113. The molecule has 20 heavy (non-hydrogen) atoms. The number of aliphatic hydroxyl groups excluding tert-OH is 2. The molecule has 2 aromatic rings. The van der Waals surface area contributed by atoms with E-state index < -0.39 is 12.2 Å². The molecular weight excluding hydrogens is 258 g/mol. The third-order valence-corrected chi connectivity index (χ3v) is 3.76. The standard InChI is InChI=1S/C13H17N5O2/c14-10-4-9(12(19)13(10)20)6-18-7-11(16-17-18)8-2-1-3-15-5-8/h1-3,5,7,9-10,12-13,19-20H,4,6,14H2/t9-,10?,12-,13+/m1/s1. The van der Waals surface area contributed by atoms with Gasteiger partial charge >= 0.3 is 0 Å². The second kappa shape index (κ2) is 5.28. The number of nitrogens with two attached hydrogens (primary N) is 1. The lowest BCUT2D eigenvalue weighted by Crippen LogP contribution is -2.36. The van der Waals surface area contributed by atoms with Crippen LogP contribution < -0.4 is 5.73 Å². The Morgan fingerprint density at radius 3 is 2.85 bits per heavy atom. The fourth-order valence-corrected chi connectivity index (χ4v) is 2.62. The minimum Gasteiger partial charge on any atom is -0.390 e. The number of hydrogen-bond donors (Lipinski definition) is 3. The Morgan fingerprint density at radius 2 is 2.20 bits per heavy atom. The minimum absolute atomic E-state index is 0.108. The van der Waals surface area contributed by atoms with Crippen LogP contribution in [0.2, 0.25) is 0 Å². The molecule has 4 atom stereocenters. The summed E-state index contributed by atoms with van der Waals surface area (Å²) < 4.78 is 1.67. The molecule has 2 aromatic heterocycles. The molecule has 0 radical (unpaired) electrons. The van der Waals surface area contributed by atoms with Crippen LogP contribution in [0.25, 0.3) is 11.3 Å². The van der Waals surface area contributed by atoms with E-state index >= 15 is 0 Å². The van der Waals surface area contributed by atoms with Gasteiger partial charge < -0.3 is 15.9 Å². The molecule has 1 fully saturated rings. The van der Waals surface area contributed by atoms with Gasteiger partial charge in [0.05, 0.1) is 18.4 Å². The number of nitrogens with zero attached hydrogens (tertiary/aromatic N) is 4. The molecule has 7 heteroatoms. The monoisotopic (exact) mass is 275 g/mol. The number of hydrogen-bond acceptors (Lipinski definition) is 6. The number of pyridine rings is 1. The number of rotatable bonds is 3. The topological polar surface area (TPSA) is 110 Å². The first-order valence-corrected chi connectivity index (χ1v) is 6.57. The van der Waals surface area contributed by atoms with Crippen molar-refractivity contribution in [3.63, 3.8) is 0 Å². The minimum atomic E-state index is -0.860. The van der Waals surface area contributed by atoms with Gasteiger partial charge in [0, 0.05) is 36.5 Å². The van der Waals surface area contributed by atoms with Crippen LogP contribution in [-0.2, 0) is 6.54 Å². The van der Waals surface area contributed by atoms with Gasteiger partial charge in [-0.3, -0.25) is 9.67 Å². The molecule has 0 amide bonds. The second-order valence-corrected chi connectivity index (χ2v) is 5.21. The van der Waals surface area contributed by atoms with Crippen molar-refractivity contribution >= 4 is 0 Å². The molecule has 1 aliphatic rings. The smallest absolute Gasteiger partial charge is 0.114 e. The van der Waals surface area contributed by atoms with Gasteiger partial charge in [0.1, 0.15) is 5.69 Å². The molecule has 3 rings (SSSR count). The van der Waals surface area contributed by atoms with Crippen molar-refractivity contribution in [2.45, 2.75) is 31.2 Å². The van der Waals surface area contributed by atoms with E-state index in [1.54, 1.807) is 23.3 Å². The van der Waals surface area contributed by atoms with Crippen molar-refractivity contribution in [3.8, 4) is 11.3 Å². The van der Waals surface area contributed by atoms with Gasteiger partial charge in [0.2, 0.25) is 0 Å². The highest BCUT2D eigenvalue weighted by Crippen LogP contribution is 2.27. The Kier molecular flexibility index (Phi) is 3.47. The summed E-state index contributed by atoms with van der Waals surface area (Å²) in [4.78, 5) is 4.04. The highest BCUT2D eigenvalue weighted by Gasteiger charge is 2.39. The van der Waals surface area contributed by atoms with Crippen LogP contribution in [0.4, 0.5) is 0 Å². The Hall–Kier alpha value is -1.83. The first-order valence-electron chi connectivity index (χ1n) is 6.57. The Morgan fingerprint density at radius 1 is 1.35 bits per heavy atom. The summed E-state index contributed by atoms with van der Waals surface area (Å²) in [5.41, 5.74) is 7.37. The van der Waals surface area contributed by atoms with Gasteiger partial charge in [0.15, 0.2) is 0 Å². The quantitative estimate of drug-likeness (QED) is 0.690. The lowest BCUT2D eigenvalue weighted by Gasteiger charge is -2.15. The second-order valence-electron chi connectivity index (χ2n) is 5.21. The van der Waals surface area contributed by atoms with E-state index in [4.69, 9.17) is 5.73 Å². The number of aromatic nitrogens is 4. The average Bonchev–Trinajstić information content (AvgIpc) is 3.02. The molecule has 0 aromatic carbocycles. The van der Waals surface area contributed by atoms with Gasteiger partial charge in [-0.25, -0.2) is 0 Å². The SMILES string of the molecule is NC1C[C@H](Cn2cc(-c3cccnc3)nn2)[C@@H](O)[C@H]1O. The normalized spacial score (nSPS) is 29.8. The molecule has 4 N–H and O–H groups in total. The molecule has 1 unspecified atom stereocenters. The van der Waals surface area contributed by atoms with Gasteiger partial charge in [-0.15, -0.1) is 5.10 Å². The van der Waals surface area contributed by atoms with Crippen molar-refractivity contribution in [2.75, 3.05) is 0 Å². The third-order valence-electron chi connectivity index (χ3n) is 3.76. The van der Waals surface area contributed by atoms with E-state index in [0.717, 1.165) is 11.3 Å². The lowest BCUT2D eigenvalue weighted by atomic mass is 10.1. The first-order chi connectivity index (χ1) is 9.65. The Labute approximate surface area is 116 Å². The molecule has 106 valence electrons. The molecular formula is C13H17N5O2. The number of aliphatic hydroxyl groups is 2. The van der Waals surface area contributed by atoms with Crippen LogP contribution in [0.5, 0.6) is 0 Å². The van der Waals surface area contributed by atoms with E-state index in [1.807, 2.05) is 12.1 Å². The third kappa shape index (κ3) is 2.43. The fourth-order valence-electron chi connectivity index (χ4n) is 2.62. The van der Waals surface area contributed by atoms with E-state index in [0.29, 0.717) is 13.0 Å². The van der Waals surface area contributed by atoms with Gasteiger partial charge in [-0.2, -0.15) is 0 Å². The van der Waals surface area contributed by atoms with Crippen molar-refractivity contribution in [2.24, 2.45) is 11.7 Å². The van der Waals surface area contributed by atoms with E-state index in [9.17, 15) is 10.2 Å². The Bertz CT molecular complexity index is 573. The van der Waals surface area contributed by atoms with Gasteiger partial charge in [0.25, 0.3) is 0 Å². The summed E-state index contributed by atoms with van der Waals surface area (Å²) in [5.74, 6) is -0.108. The largest absolute Gasteiger partial charge is 0.390 e. The van der Waals surface area contributed by atoms with Crippen molar-refractivity contribution in [1.29, 1.82) is 0 Å². The molecule has 0 saturated heterocycles.